The van der Waals surface area contributed by atoms with Crippen molar-refractivity contribution in [2.75, 3.05) is 26.9 Å². The summed E-state index contributed by atoms with van der Waals surface area (Å²) < 4.78 is 15.6. The van der Waals surface area contributed by atoms with Gasteiger partial charge in [-0.1, -0.05) is 0 Å². The topological polar surface area (TPSA) is 105 Å². The molecule has 2 atom stereocenters. The molecule has 0 spiro atoms. The Morgan fingerprint density at radius 1 is 1.44 bits per heavy atom. The molecule has 0 aliphatic carbocycles. The van der Waals surface area contributed by atoms with Crippen LogP contribution >= 0.6 is 0 Å². The van der Waals surface area contributed by atoms with Gasteiger partial charge in [-0.3, -0.25) is 4.79 Å². The number of aromatic nitrogens is 1. The van der Waals surface area contributed by atoms with Crippen LogP contribution in [0.2, 0.25) is 0 Å². The van der Waals surface area contributed by atoms with E-state index in [4.69, 9.17) is 13.9 Å². The predicted molar refractivity (Wildman–Crippen MR) is 95.5 cm³/mol. The summed E-state index contributed by atoms with van der Waals surface area (Å²) in [6, 6.07) is 3.09. The Balaban J connectivity index is 1.82. The van der Waals surface area contributed by atoms with Gasteiger partial charge in [0.25, 0.3) is 5.91 Å². The average Bonchev–Trinajstić information content (AvgIpc) is 3.29. The van der Waals surface area contributed by atoms with E-state index in [1.807, 2.05) is 0 Å². The number of esters is 1. The first-order chi connectivity index (χ1) is 12.9. The largest absolute Gasteiger partial charge is 0.467 e. The zero-order valence-electron chi connectivity index (χ0n) is 15.7. The van der Waals surface area contributed by atoms with Crippen molar-refractivity contribution in [3.8, 4) is 0 Å². The highest BCUT2D eigenvalue weighted by atomic mass is 16.5. The third-order valence-electron chi connectivity index (χ3n) is 4.90. The van der Waals surface area contributed by atoms with Crippen molar-refractivity contribution in [2.24, 2.45) is 0 Å². The molecule has 1 amide bonds. The van der Waals surface area contributed by atoms with E-state index in [1.165, 1.54) is 13.4 Å². The van der Waals surface area contributed by atoms with Crippen LogP contribution in [0.5, 0.6) is 0 Å². The first-order valence-corrected chi connectivity index (χ1v) is 8.81. The number of aliphatic hydroxyl groups excluding tert-OH is 1. The zero-order chi connectivity index (χ0) is 19.6. The van der Waals surface area contributed by atoms with Crippen LogP contribution in [0.1, 0.15) is 50.4 Å². The third kappa shape index (κ3) is 3.77. The highest BCUT2D eigenvalue weighted by Crippen LogP contribution is 2.26. The van der Waals surface area contributed by atoms with Crippen LogP contribution in [-0.2, 0) is 9.47 Å². The summed E-state index contributed by atoms with van der Waals surface area (Å²) in [4.78, 5) is 29.8. The number of amides is 1. The van der Waals surface area contributed by atoms with Gasteiger partial charge in [0.15, 0.2) is 0 Å². The molecule has 8 heteroatoms. The van der Waals surface area contributed by atoms with E-state index in [0.29, 0.717) is 54.5 Å². The van der Waals surface area contributed by atoms with E-state index in [0.717, 1.165) is 0 Å². The van der Waals surface area contributed by atoms with Gasteiger partial charge < -0.3 is 28.9 Å². The molecule has 0 bridgehead atoms. The highest BCUT2D eigenvalue weighted by Gasteiger charge is 2.33. The Morgan fingerprint density at radius 3 is 2.89 bits per heavy atom. The van der Waals surface area contributed by atoms with Crippen molar-refractivity contribution in [1.82, 2.24) is 9.88 Å². The first-order valence-electron chi connectivity index (χ1n) is 8.81. The van der Waals surface area contributed by atoms with Gasteiger partial charge in [-0.15, -0.1) is 0 Å². The Bertz CT molecular complexity index is 811. The Morgan fingerprint density at radius 2 is 2.22 bits per heavy atom. The average molecular weight is 376 g/mol. The van der Waals surface area contributed by atoms with Gasteiger partial charge in [0, 0.05) is 18.7 Å². The monoisotopic (exact) mass is 376 g/mol. The van der Waals surface area contributed by atoms with E-state index in [2.05, 4.69) is 4.98 Å². The maximum absolute atomic E-state index is 13.2. The maximum atomic E-state index is 13.2. The number of aromatic amines is 1. The summed E-state index contributed by atoms with van der Waals surface area (Å²) in [5.41, 5.74) is 1.87. The molecule has 27 heavy (non-hydrogen) atoms. The molecule has 8 nitrogen and oxygen atoms in total. The normalized spacial score (nSPS) is 18.4. The second-order valence-corrected chi connectivity index (χ2v) is 6.61. The molecule has 146 valence electrons. The standard InChI is InChI=1S/C19H24N2O6/c1-11-16(19(24)25-3)12(2)20-17(11)18(23)21-6-8-26-10-13(21)9-14(22)15-5-4-7-27-15/h4-5,7,13-14,20,22H,6,8-10H2,1-3H3/t13-,14+/m0/s1. The van der Waals surface area contributed by atoms with Crippen LogP contribution < -0.4 is 0 Å². The van der Waals surface area contributed by atoms with Gasteiger partial charge >= 0.3 is 5.97 Å². The molecule has 3 heterocycles. The van der Waals surface area contributed by atoms with Crippen LogP contribution in [0, 0.1) is 13.8 Å². The quantitative estimate of drug-likeness (QED) is 0.773. The lowest BCUT2D eigenvalue weighted by Crippen LogP contribution is -2.49. The molecule has 0 aromatic carbocycles. The molecular formula is C19H24N2O6. The summed E-state index contributed by atoms with van der Waals surface area (Å²) in [6.07, 6.45) is 0.958. The number of nitrogens with zero attached hydrogens (tertiary/aromatic N) is 1. The SMILES string of the molecule is COC(=O)c1c(C)[nH]c(C(=O)N2CCOC[C@@H]2C[C@@H](O)c2ccco2)c1C. The molecule has 0 unspecified atom stereocenters. The predicted octanol–water partition coefficient (Wildman–Crippen LogP) is 1.98. The van der Waals surface area contributed by atoms with E-state index in [-0.39, 0.29) is 11.9 Å². The lowest BCUT2D eigenvalue weighted by Gasteiger charge is -2.36. The molecule has 1 aliphatic rings. The molecule has 2 aromatic heterocycles. The molecular weight excluding hydrogens is 352 g/mol. The molecule has 0 radical (unpaired) electrons. The number of aliphatic hydroxyl groups is 1. The molecule has 2 aromatic rings. The molecule has 2 N–H and O–H groups in total. The summed E-state index contributed by atoms with van der Waals surface area (Å²) in [7, 11) is 1.31. The maximum Gasteiger partial charge on any atom is 0.339 e. The molecule has 1 saturated heterocycles. The number of furan rings is 1. The first kappa shape index (κ1) is 19.2. The second kappa shape index (κ2) is 7.98. The lowest BCUT2D eigenvalue weighted by molar-refractivity contribution is -0.0198. The summed E-state index contributed by atoms with van der Waals surface area (Å²) in [6.45, 7) is 4.59. The number of H-pyrrole nitrogens is 1. The fourth-order valence-corrected chi connectivity index (χ4v) is 3.49. The van der Waals surface area contributed by atoms with Crippen LogP contribution in [0.15, 0.2) is 22.8 Å². The third-order valence-corrected chi connectivity index (χ3v) is 4.90. The van der Waals surface area contributed by atoms with E-state index in [1.54, 1.807) is 30.9 Å². The lowest BCUT2D eigenvalue weighted by atomic mass is 10.0. The summed E-state index contributed by atoms with van der Waals surface area (Å²) >= 11 is 0. The number of carbonyl (C=O) groups excluding carboxylic acids is 2. The number of methoxy groups -OCH3 is 1. The molecule has 1 fully saturated rings. The van der Waals surface area contributed by atoms with Crippen LogP contribution in [-0.4, -0.2) is 59.8 Å². The van der Waals surface area contributed by atoms with Crippen LogP contribution in [0.3, 0.4) is 0 Å². The summed E-state index contributed by atoms with van der Waals surface area (Å²) in [5.74, 6) is -0.259. The number of aryl methyl sites for hydroxylation is 1. The minimum atomic E-state index is -0.834. The number of rotatable bonds is 5. The number of carbonyl (C=O) groups is 2. The van der Waals surface area contributed by atoms with E-state index < -0.39 is 12.1 Å². The minimum Gasteiger partial charge on any atom is -0.467 e. The fraction of sp³-hybridized carbons (Fsp3) is 0.474. The number of nitrogens with one attached hydrogen (secondary N) is 1. The van der Waals surface area contributed by atoms with E-state index >= 15 is 0 Å². The van der Waals surface area contributed by atoms with Gasteiger partial charge in [-0.2, -0.15) is 0 Å². The van der Waals surface area contributed by atoms with Gasteiger partial charge in [0.1, 0.15) is 17.6 Å². The van der Waals surface area contributed by atoms with Gasteiger partial charge in [0.2, 0.25) is 0 Å². The number of hydrogen-bond donors (Lipinski definition) is 2. The van der Waals surface area contributed by atoms with Gasteiger partial charge in [-0.25, -0.2) is 4.79 Å². The van der Waals surface area contributed by atoms with Gasteiger partial charge in [0.05, 0.1) is 38.2 Å². The number of ether oxygens (including phenoxy) is 2. The van der Waals surface area contributed by atoms with Crippen LogP contribution in [0.25, 0.3) is 0 Å². The summed E-state index contributed by atoms with van der Waals surface area (Å²) in [5, 5.41) is 10.4. The van der Waals surface area contributed by atoms with Crippen molar-refractivity contribution in [3.63, 3.8) is 0 Å². The molecule has 1 aliphatic heterocycles. The Hall–Kier alpha value is -2.58. The number of morpholine rings is 1. The minimum absolute atomic E-state index is 0.231. The van der Waals surface area contributed by atoms with E-state index in [9.17, 15) is 14.7 Å². The molecule has 3 rings (SSSR count). The van der Waals surface area contributed by atoms with Crippen molar-refractivity contribution in [2.45, 2.75) is 32.4 Å². The fourth-order valence-electron chi connectivity index (χ4n) is 3.49. The Labute approximate surface area is 157 Å². The highest BCUT2D eigenvalue weighted by molar-refractivity contribution is 6.00. The van der Waals surface area contributed by atoms with Crippen molar-refractivity contribution >= 4 is 11.9 Å². The smallest absolute Gasteiger partial charge is 0.339 e. The number of hydrogen-bond acceptors (Lipinski definition) is 6. The van der Waals surface area contributed by atoms with Crippen molar-refractivity contribution in [1.29, 1.82) is 0 Å². The van der Waals surface area contributed by atoms with Gasteiger partial charge in [-0.05, 0) is 31.5 Å². The zero-order valence-corrected chi connectivity index (χ0v) is 15.7. The Kier molecular flexibility index (Phi) is 5.67. The van der Waals surface area contributed by atoms with Crippen LogP contribution in [0.4, 0.5) is 0 Å². The molecule has 0 saturated carbocycles. The van der Waals surface area contributed by atoms with Crippen molar-refractivity contribution in [3.05, 3.63) is 46.7 Å². The second-order valence-electron chi connectivity index (χ2n) is 6.61. The van der Waals surface area contributed by atoms with Crippen molar-refractivity contribution < 1.29 is 28.6 Å².